The fourth-order valence-electron chi connectivity index (χ4n) is 3.96. The summed E-state index contributed by atoms with van der Waals surface area (Å²) < 4.78 is 2.11. The Morgan fingerprint density at radius 2 is 1.76 bits per heavy atom. The third-order valence-corrected chi connectivity index (χ3v) is 7.06. The van der Waals surface area contributed by atoms with Crippen LogP contribution in [0.2, 0.25) is 0 Å². The number of pyridine rings is 1. The smallest absolute Gasteiger partial charge is 0.255 e. The number of benzene rings is 2. The third-order valence-electron chi connectivity index (χ3n) is 5.83. The van der Waals surface area contributed by atoms with Crippen LogP contribution in [0.15, 0.2) is 85.3 Å². The van der Waals surface area contributed by atoms with Crippen LogP contribution in [-0.4, -0.2) is 21.2 Å². The van der Waals surface area contributed by atoms with Crippen LogP contribution in [0, 0.1) is 6.92 Å². The second-order valence-corrected chi connectivity index (χ2v) is 9.34. The van der Waals surface area contributed by atoms with E-state index >= 15 is 0 Å². The van der Waals surface area contributed by atoms with E-state index in [1.165, 1.54) is 11.3 Å². The van der Waals surface area contributed by atoms with E-state index in [0.717, 1.165) is 49.6 Å². The Kier molecular flexibility index (Phi) is 5.82. The summed E-state index contributed by atoms with van der Waals surface area (Å²) in [4.78, 5) is 30.9. The first kappa shape index (κ1) is 21.8. The molecule has 3 heterocycles. The molecule has 6 heteroatoms. The predicted octanol–water partition coefficient (Wildman–Crippen LogP) is 6.58. The van der Waals surface area contributed by atoms with E-state index in [0.29, 0.717) is 5.56 Å². The fourth-order valence-corrected chi connectivity index (χ4v) is 4.87. The minimum atomic E-state index is -0.172. The third kappa shape index (κ3) is 4.40. The molecule has 0 bridgehead atoms. The second kappa shape index (κ2) is 9.08. The van der Waals surface area contributed by atoms with Crippen LogP contribution in [0.1, 0.15) is 38.1 Å². The van der Waals surface area contributed by atoms with Gasteiger partial charge in [-0.2, -0.15) is 0 Å². The highest BCUT2D eigenvalue weighted by atomic mass is 32.1. The van der Waals surface area contributed by atoms with Crippen molar-refractivity contribution in [2.45, 2.75) is 20.4 Å². The van der Waals surface area contributed by atoms with Gasteiger partial charge in [-0.1, -0.05) is 18.2 Å². The zero-order valence-corrected chi connectivity index (χ0v) is 19.7. The van der Waals surface area contributed by atoms with Crippen LogP contribution in [0.4, 0.5) is 5.69 Å². The van der Waals surface area contributed by atoms with Gasteiger partial charge in [-0.3, -0.25) is 14.6 Å². The summed E-state index contributed by atoms with van der Waals surface area (Å²) in [5.41, 5.74) is 5.24. The minimum Gasteiger partial charge on any atom is -0.350 e. The van der Waals surface area contributed by atoms with Crippen LogP contribution in [0.3, 0.4) is 0 Å². The highest BCUT2D eigenvalue weighted by molar-refractivity contribution is 7.17. The Morgan fingerprint density at radius 3 is 2.47 bits per heavy atom. The number of anilines is 1. The van der Waals surface area contributed by atoms with Crippen molar-refractivity contribution >= 4 is 39.6 Å². The lowest BCUT2D eigenvalue weighted by atomic mass is 10.1. The summed E-state index contributed by atoms with van der Waals surface area (Å²) in [7, 11) is 0. The number of aryl methyl sites for hydroxylation is 1. The maximum absolute atomic E-state index is 12.9. The van der Waals surface area contributed by atoms with Crippen molar-refractivity contribution < 1.29 is 9.59 Å². The maximum atomic E-state index is 12.9. The number of aromatic nitrogens is 2. The van der Waals surface area contributed by atoms with Crippen LogP contribution < -0.4 is 5.32 Å². The van der Waals surface area contributed by atoms with Crippen molar-refractivity contribution in [1.82, 2.24) is 9.55 Å². The van der Waals surface area contributed by atoms with E-state index in [4.69, 9.17) is 0 Å². The molecule has 0 saturated carbocycles. The number of carbonyl (C=O) groups is 2. The number of ketones is 1. The quantitative estimate of drug-likeness (QED) is 0.288. The largest absolute Gasteiger partial charge is 0.350 e. The lowest BCUT2D eigenvalue weighted by Crippen LogP contribution is -2.13. The van der Waals surface area contributed by atoms with Crippen molar-refractivity contribution in [2.75, 3.05) is 5.32 Å². The first-order chi connectivity index (χ1) is 16.5. The lowest BCUT2D eigenvalue weighted by Gasteiger charge is -2.12. The number of fused-ring (bicyclic) bond motifs is 1. The topological polar surface area (TPSA) is 64.0 Å². The van der Waals surface area contributed by atoms with Crippen LogP contribution in [0.25, 0.3) is 21.3 Å². The molecule has 0 aliphatic carbocycles. The first-order valence-electron chi connectivity index (χ1n) is 11.0. The number of thiophene rings is 1. The minimum absolute atomic E-state index is 0.0598. The summed E-state index contributed by atoms with van der Waals surface area (Å²) in [5, 5.41) is 4.07. The molecule has 0 aliphatic heterocycles. The molecule has 5 aromatic rings. The van der Waals surface area contributed by atoms with E-state index in [9.17, 15) is 9.59 Å². The molecule has 0 saturated heterocycles. The average Bonchev–Trinajstić information content (AvgIpc) is 3.54. The summed E-state index contributed by atoms with van der Waals surface area (Å²) in [6, 6.07) is 21.3. The van der Waals surface area contributed by atoms with Crippen LogP contribution in [0.5, 0.6) is 0 Å². The molecule has 0 aliphatic rings. The molecule has 0 radical (unpaired) electrons. The number of Topliss-reactive ketones (excluding diaryl/α,β-unsaturated/α-hetero) is 1. The molecule has 2 aromatic carbocycles. The molecule has 34 heavy (non-hydrogen) atoms. The van der Waals surface area contributed by atoms with Gasteiger partial charge in [0.2, 0.25) is 0 Å². The van der Waals surface area contributed by atoms with Gasteiger partial charge in [0.05, 0.1) is 10.4 Å². The van der Waals surface area contributed by atoms with Crippen molar-refractivity contribution in [3.8, 4) is 10.4 Å². The fraction of sp³-hybridized carbons (Fsp3) is 0.107. The molecule has 0 spiro atoms. The van der Waals surface area contributed by atoms with Gasteiger partial charge in [-0.25, -0.2) is 0 Å². The molecule has 1 amide bonds. The van der Waals surface area contributed by atoms with E-state index < -0.39 is 0 Å². The summed E-state index contributed by atoms with van der Waals surface area (Å²) >= 11 is 1.46. The van der Waals surface area contributed by atoms with Crippen LogP contribution >= 0.6 is 11.3 Å². The van der Waals surface area contributed by atoms with Gasteiger partial charge in [0.15, 0.2) is 5.78 Å². The lowest BCUT2D eigenvalue weighted by molar-refractivity contribution is 0.101. The number of amides is 1. The molecule has 0 unspecified atom stereocenters. The van der Waals surface area contributed by atoms with Gasteiger partial charge in [-0.15, -0.1) is 11.3 Å². The van der Waals surface area contributed by atoms with Crippen molar-refractivity contribution in [2.24, 2.45) is 0 Å². The molecule has 1 N–H and O–H groups in total. The standard InChI is InChI=1S/C28H23N3O2S/c1-18-24(10-9-23-15-20(16-29-27(18)23)17-31-13-3-4-14-31)30-28(33)22-7-5-21(6-8-22)26-12-11-25(34-26)19(2)32/h3-16H,17H2,1-2H3,(H,30,33). The zero-order valence-electron chi connectivity index (χ0n) is 18.9. The highest BCUT2D eigenvalue weighted by Gasteiger charge is 2.12. The number of nitrogens with zero attached hydrogens (tertiary/aromatic N) is 2. The van der Waals surface area contributed by atoms with Gasteiger partial charge in [0, 0.05) is 46.6 Å². The summed E-state index contributed by atoms with van der Waals surface area (Å²) in [5.74, 6) is -0.113. The molecule has 5 rings (SSSR count). The van der Waals surface area contributed by atoms with E-state index in [1.807, 2.05) is 74.0 Å². The van der Waals surface area contributed by atoms with Crippen molar-refractivity contribution in [3.63, 3.8) is 0 Å². The van der Waals surface area contributed by atoms with E-state index in [2.05, 4.69) is 20.9 Å². The Labute approximate surface area is 201 Å². The Bertz CT molecular complexity index is 1500. The predicted molar refractivity (Wildman–Crippen MR) is 138 cm³/mol. The van der Waals surface area contributed by atoms with Crippen molar-refractivity contribution in [3.05, 3.63) is 107 Å². The summed E-state index contributed by atoms with van der Waals surface area (Å²) in [6.45, 7) is 4.31. The number of hydrogen-bond donors (Lipinski definition) is 1. The first-order valence-corrected chi connectivity index (χ1v) is 11.8. The maximum Gasteiger partial charge on any atom is 0.255 e. The van der Waals surface area contributed by atoms with E-state index in [-0.39, 0.29) is 11.7 Å². The Balaban J connectivity index is 1.33. The van der Waals surface area contributed by atoms with Crippen molar-refractivity contribution in [1.29, 1.82) is 0 Å². The van der Waals surface area contributed by atoms with Crippen LogP contribution in [-0.2, 0) is 6.54 Å². The molecular weight excluding hydrogens is 442 g/mol. The molecular formula is C28H23N3O2S. The molecule has 168 valence electrons. The zero-order chi connectivity index (χ0) is 23.7. The Hall–Kier alpha value is -4.03. The van der Waals surface area contributed by atoms with Gasteiger partial charge in [-0.05, 0) is 79.1 Å². The average molecular weight is 466 g/mol. The highest BCUT2D eigenvalue weighted by Crippen LogP contribution is 2.29. The van der Waals surface area contributed by atoms with Gasteiger partial charge in [0.25, 0.3) is 5.91 Å². The molecule has 3 aromatic heterocycles. The monoisotopic (exact) mass is 465 g/mol. The number of hydrogen-bond acceptors (Lipinski definition) is 4. The van der Waals surface area contributed by atoms with E-state index in [1.54, 1.807) is 19.1 Å². The van der Waals surface area contributed by atoms with Gasteiger partial charge in [0.1, 0.15) is 0 Å². The number of carbonyl (C=O) groups excluding carboxylic acids is 2. The molecule has 0 fully saturated rings. The SMILES string of the molecule is CC(=O)c1ccc(-c2ccc(C(=O)Nc3ccc4cc(Cn5cccc5)cnc4c3C)cc2)s1. The Morgan fingerprint density at radius 1 is 1.00 bits per heavy atom. The second-order valence-electron chi connectivity index (χ2n) is 8.26. The normalized spacial score (nSPS) is 11.0. The molecule has 0 atom stereocenters. The van der Waals surface area contributed by atoms with Gasteiger partial charge >= 0.3 is 0 Å². The van der Waals surface area contributed by atoms with Gasteiger partial charge < -0.3 is 9.88 Å². The molecule has 5 nitrogen and oxygen atoms in total. The number of nitrogens with one attached hydrogen (secondary N) is 1. The number of rotatable bonds is 6. The summed E-state index contributed by atoms with van der Waals surface area (Å²) in [6.07, 6.45) is 5.95.